The highest BCUT2D eigenvalue weighted by Gasteiger charge is 2.35. The predicted molar refractivity (Wildman–Crippen MR) is 108 cm³/mol. The summed E-state index contributed by atoms with van der Waals surface area (Å²) in [4.78, 5) is 12.5. The fourth-order valence-electron chi connectivity index (χ4n) is 2.07. The molecular formula is C17H15Cl3FN3OS. The number of anilines is 1. The minimum Gasteiger partial charge on any atom is -0.339 e. The Labute approximate surface area is 171 Å². The van der Waals surface area contributed by atoms with E-state index >= 15 is 0 Å². The monoisotopic (exact) mass is 433 g/mol. The smallest absolute Gasteiger partial charge is 0.253 e. The van der Waals surface area contributed by atoms with Crippen molar-refractivity contribution in [2.45, 2.75) is 16.9 Å². The molecule has 1 atom stereocenters. The molecule has 0 fully saturated rings. The van der Waals surface area contributed by atoms with Crippen molar-refractivity contribution in [2.75, 3.05) is 5.32 Å². The van der Waals surface area contributed by atoms with Gasteiger partial charge < -0.3 is 16.0 Å². The van der Waals surface area contributed by atoms with E-state index in [1.54, 1.807) is 25.1 Å². The number of alkyl halides is 3. The maximum atomic E-state index is 13.0. The first-order valence-electron chi connectivity index (χ1n) is 7.43. The Morgan fingerprint density at radius 3 is 2.27 bits per heavy atom. The molecule has 0 aliphatic rings. The number of halogens is 4. The van der Waals surface area contributed by atoms with Crippen LogP contribution in [0.2, 0.25) is 0 Å². The number of hydrogen-bond acceptors (Lipinski definition) is 2. The van der Waals surface area contributed by atoms with Crippen LogP contribution in [0.5, 0.6) is 0 Å². The molecule has 0 heterocycles. The van der Waals surface area contributed by atoms with E-state index in [4.69, 9.17) is 47.0 Å². The van der Waals surface area contributed by atoms with Gasteiger partial charge in [0.1, 0.15) is 12.0 Å². The molecule has 2 aromatic rings. The zero-order valence-electron chi connectivity index (χ0n) is 13.5. The van der Waals surface area contributed by atoms with Crippen LogP contribution in [0.4, 0.5) is 10.1 Å². The first-order valence-corrected chi connectivity index (χ1v) is 8.97. The van der Waals surface area contributed by atoms with Gasteiger partial charge in [0.25, 0.3) is 5.91 Å². The summed E-state index contributed by atoms with van der Waals surface area (Å²) in [5.41, 5.74) is 1.77. The quantitative estimate of drug-likeness (QED) is 0.375. The molecule has 138 valence electrons. The zero-order valence-corrected chi connectivity index (χ0v) is 16.6. The Morgan fingerprint density at radius 2 is 1.69 bits per heavy atom. The first-order chi connectivity index (χ1) is 12.2. The van der Waals surface area contributed by atoms with Gasteiger partial charge >= 0.3 is 0 Å². The van der Waals surface area contributed by atoms with Gasteiger partial charge in [-0.2, -0.15) is 0 Å². The molecule has 0 aliphatic heterocycles. The molecule has 2 rings (SSSR count). The molecule has 3 N–H and O–H groups in total. The number of carbonyl (C=O) groups is 1. The van der Waals surface area contributed by atoms with Crippen LogP contribution >= 0.6 is 47.0 Å². The van der Waals surface area contributed by atoms with Crippen LogP contribution in [0, 0.1) is 12.7 Å². The molecule has 4 nitrogen and oxygen atoms in total. The number of aryl methyl sites for hydroxylation is 1. The van der Waals surface area contributed by atoms with Gasteiger partial charge in [-0.3, -0.25) is 4.79 Å². The molecular weight excluding hydrogens is 420 g/mol. The summed E-state index contributed by atoms with van der Waals surface area (Å²) in [6, 6.07) is 12.6. The molecule has 0 aromatic heterocycles. The summed E-state index contributed by atoms with van der Waals surface area (Å²) in [6.45, 7) is 1.80. The van der Waals surface area contributed by atoms with E-state index in [9.17, 15) is 9.18 Å². The summed E-state index contributed by atoms with van der Waals surface area (Å²) < 4.78 is 11.1. The molecule has 26 heavy (non-hydrogen) atoms. The fraction of sp³-hybridized carbons (Fsp3) is 0.176. The third-order valence-electron chi connectivity index (χ3n) is 3.37. The van der Waals surface area contributed by atoms with Crippen LogP contribution in [0.3, 0.4) is 0 Å². The van der Waals surface area contributed by atoms with Crippen molar-refractivity contribution in [1.82, 2.24) is 10.6 Å². The summed E-state index contributed by atoms with van der Waals surface area (Å²) >= 11 is 23.0. The number of carbonyl (C=O) groups excluding carboxylic acids is 1. The minimum atomic E-state index is -1.87. The average Bonchev–Trinajstić information content (AvgIpc) is 2.56. The van der Waals surface area contributed by atoms with E-state index in [1.165, 1.54) is 24.3 Å². The van der Waals surface area contributed by atoms with Crippen molar-refractivity contribution in [1.29, 1.82) is 0 Å². The SMILES string of the molecule is Cc1ccccc1C(=O)N[C@@H](NC(=S)Nc1ccc(F)cc1)C(Cl)(Cl)Cl. The number of nitrogens with one attached hydrogen (secondary N) is 3. The summed E-state index contributed by atoms with van der Waals surface area (Å²) in [5, 5.41) is 8.26. The molecule has 0 spiro atoms. The fourth-order valence-corrected chi connectivity index (χ4v) is 2.63. The lowest BCUT2D eigenvalue weighted by atomic mass is 10.1. The zero-order chi connectivity index (χ0) is 19.3. The summed E-state index contributed by atoms with van der Waals surface area (Å²) in [6.07, 6.45) is -1.10. The van der Waals surface area contributed by atoms with Crippen LogP contribution < -0.4 is 16.0 Å². The lowest BCUT2D eigenvalue weighted by molar-refractivity contribution is 0.0934. The second kappa shape index (κ2) is 8.86. The van der Waals surface area contributed by atoms with Crippen molar-refractivity contribution in [3.8, 4) is 0 Å². The van der Waals surface area contributed by atoms with Gasteiger partial charge in [0, 0.05) is 11.3 Å². The van der Waals surface area contributed by atoms with Crippen LogP contribution in [0.1, 0.15) is 15.9 Å². The highest BCUT2D eigenvalue weighted by molar-refractivity contribution is 7.80. The van der Waals surface area contributed by atoms with Gasteiger partial charge in [0.15, 0.2) is 5.11 Å². The van der Waals surface area contributed by atoms with Crippen LogP contribution in [-0.2, 0) is 0 Å². The minimum absolute atomic E-state index is 0.0954. The molecule has 0 saturated heterocycles. The van der Waals surface area contributed by atoms with E-state index in [0.29, 0.717) is 11.3 Å². The average molecular weight is 435 g/mol. The molecule has 0 aliphatic carbocycles. The second-order valence-electron chi connectivity index (χ2n) is 5.37. The Kier molecular flexibility index (Phi) is 7.06. The maximum Gasteiger partial charge on any atom is 0.253 e. The van der Waals surface area contributed by atoms with Crippen LogP contribution in [0.15, 0.2) is 48.5 Å². The van der Waals surface area contributed by atoms with Crippen molar-refractivity contribution in [2.24, 2.45) is 0 Å². The highest BCUT2D eigenvalue weighted by atomic mass is 35.6. The third-order valence-corrected chi connectivity index (χ3v) is 4.24. The molecule has 1 amide bonds. The van der Waals surface area contributed by atoms with Crippen LogP contribution in [-0.4, -0.2) is 21.0 Å². The summed E-state index contributed by atoms with van der Waals surface area (Å²) in [7, 11) is 0. The van der Waals surface area contributed by atoms with Crippen molar-refractivity contribution >= 4 is 63.7 Å². The largest absolute Gasteiger partial charge is 0.339 e. The van der Waals surface area contributed by atoms with E-state index in [2.05, 4.69) is 16.0 Å². The first kappa shape index (κ1) is 20.7. The van der Waals surface area contributed by atoms with Gasteiger partial charge in [0.2, 0.25) is 3.79 Å². The molecule has 9 heteroatoms. The molecule has 0 radical (unpaired) electrons. The molecule has 0 bridgehead atoms. The lowest BCUT2D eigenvalue weighted by Crippen LogP contribution is -2.56. The van der Waals surface area contributed by atoms with Gasteiger partial charge in [-0.15, -0.1) is 0 Å². The van der Waals surface area contributed by atoms with E-state index in [0.717, 1.165) is 5.56 Å². The number of rotatable bonds is 4. The van der Waals surface area contributed by atoms with E-state index in [-0.39, 0.29) is 10.9 Å². The molecule has 2 aromatic carbocycles. The van der Waals surface area contributed by atoms with Crippen LogP contribution in [0.25, 0.3) is 0 Å². The maximum absolute atomic E-state index is 13.0. The predicted octanol–water partition coefficient (Wildman–Crippen LogP) is 4.55. The molecule has 0 saturated carbocycles. The number of hydrogen-bond donors (Lipinski definition) is 3. The Bertz CT molecular complexity index is 797. The van der Waals surface area contributed by atoms with Crippen molar-refractivity contribution in [3.05, 3.63) is 65.5 Å². The van der Waals surface area contributed by atoms with Crippen molar-refractivity contribution in [3.63, 3.8) is 0 Å². The van der Waals surface area contributed by atoms with E-state index in [1.807, 2.05) is 6.07 Å². The Morgan fingerprint density at radius 1 is 1.08 bits per heavy atom. The Balaban J connectivity index is 2.07. The van der Waals surface area contributed by atoms with Gasteiger partial charge in [-0.05, 0) is 55.0 Å². The topological polar surface area (TPSA) is 53.2 Å². The Hall–Kier alpha value is -1.60. The van der Waals surface area contributed by atoms with E-state index < -0.39 is 15.9 Å². The normalized spacial score (nSPS) is 12.2. The standard InChI is InChI=1S/C17H15Cl3FN3OS/c1-10-4-2-3-5-13(10)14(25)23-15(17(18,19)20)24-16(26)22-12-8-6-11(21)7-9-12/h2-9,15H,1H3,(H,23,25)(H2,22,24,26)/t15-/m0/s1. The number of amides is 1. The number of thiocarbonyl (C=S) groups is 1. The molecule has 0 unspecified atom stereocenters. The number of benzene rings is 2. The third kappa shape index (κ3) is 5.99. The lowest BCUT2D eigenvalue weighted by Gasteiger charge is -2.28. The van der Waals surface area contributed by atoms with Gasteiger partial charge in [0.05, 0.1) is 0 Å². The van der Waals surface area contributed by atoms with Crippen molar-refractivity contribution < 1.29 is 9.18 Å². The van der Waals surface area contributed by atoms with Gasteiger partial charge in [-0.25, -0.2) is 4.39 Å². The second-order valence-corrected chi connectivity index (χ2v) is 8.15. The van der Waals surface area contributed by atoms with Gasteiger partial charge in [-0.1, -0.05) is 53.0 Å². The summed E-state index contributed by atoms with van der Waals surface area (Å²) in [5.74, 6) is -0.796. The highest BCUT2D eigenvalue weighted by Crippen LogP contribution is 2.29.